The minimum Gasteiger partial charge on any atom is -0.495 e. The van der Waals surface area contributed by atoms with Gasteiger partial charge in [-0.05, 0) is 12.1 Å². The fraction of sp³-hybridized carbons (Fsp3) is 0.200. The molecule has 1 aromatic heterocycles. The van der Waals surface area contributed by atoms with Gasteiger partial charge in [0.2, 0.25) is 0 Å². The monoisotopic (exact) mass is 257 g/mol. The molecule has 0 bridgehead atoms. The van der Waals surface area contributed by atoms with Crippen LogP contribution in [0.2, 0.25) is 5.02 Å². The summed E-state index contributed by atoms with van der Waals surface area (Å²) in [6.07, 6.45) is 1.60. The third kappa shape index (κ3) is 1.99. The van der Waals surface area contributed by atoms with Gasteiger partial charge in [-0.2, -0.15) is 0 Å². The van der Waals surface area contributed by atoms with E-state index in [-0.39, 0.29) is 0 Å². The van der Waals surface area contributed by atoms with Gasteiger partial charge >= 0.3 is 0 Å². The van der Waals surface area contributed by atoms with Crippen LogP contribution in [-0.2, 0) is 5.88 Å². The molecule has 0 atom stereocenters. The zero-order valence-electron chi connectivity index (χ0n) is 8.52. The number of hydrogen-bond acceptors (Lipinski definition) is 3. The van der Waals surface area contributed by atoms with Gasteiger partial charge in [-0.15, -0.1) is 21.8 Å². The first-order valence-corrected chi connectivity index (χ1v) is 5.46. The summed E-state index contributed by atoms with van der Waals surface area (Å²) >= 11 is 11.7. The number of hydrogen-bond donors (Lipinski definition) is 0. The van der Waals surface area contributed by atoms with E-state index in [1.807, 2.05) is 12.1 Å². The van der Waals surface area contributed by atoms with Crippen molar-refractivity contribution in [2.75, 3.05) is 7.11 Å². The van der Waals surface area contributed by atoms with Crippen LogP contribution in [0.5, 0.6) is 5.75 Å². The van der Waals surface area contributed by atoms with E-state index in [0.29, 0.717) is 22.5 Å². The van der Waals surface area contributed by atoms with Gasteiger partial charge in [-0.1, -0.05) is 11.6 Å². The van der Waals surface area contributed by atoms with Crippen LogP contribution in [0.25, 0.3) is 5.69 Å². The second-order valence-electron chi connectivity index (χ2n) is 3.07. The van der Waals surface area contributed by atoms with Gasteiger partial charge in [0, 0.05) is 6.07 Å². The molecule has 84 valence electrons. The maximum atomic E-state index is 5.94. The van der Waals surface area contributed by atoms with E-state index in [4.69, 9.17) is 27.9 Å². The molecule has 1 heterocycles. The van der Waals surface area contributed by atoms with E-state index in [0.717, 1.165) is 5.69 Å². The number of benzene rings is 1. The molecule has 16 heavy (non-hydrogen) atoms. The molecule has 6 heteroatoms. The van der Waals surface area contributed by atoms with E-state index >= 15 is 0 Å². The molecule has 0 radical (unpaired) electrons. The molecule has 0 spiro atoms. The average Bonchev–Trinajstić information content (AvgIpc) is 2.78. The maximum absolute atomic E-state index is 5.94. The van der Waals surface area contributed by atoms with Crippen LogP contribution in [0, 0.1) is 0 Å². The zero-order valence-corrected chi connectivity index (χ0v) is 10.0. The van der Waals surface area contributed by atoms with E-state index in [1.54, 1.807) is 24.1 Å². The first-order valence-electron chi connectivity index (χ1n) is 4.55. The van der Waals surface area contributed by atoms with Crippen molar-refractivity contribution in [2.24, 2.45) is 0 Å². The molecular weight excluding hydrogens is 249 g/mol. The quantitative estimate of drug-likeness (QED) is 0.794. The fourth-order valence-electron chi connectivity index (χ4n) is 1.36. The van der Waals surface area contributed by atoms with E-state index < -0.39 is 0 Å². The Balaban J connectivity index is 2.48. The lowest BCUT2D eigenvalue weighted by Gasteiger charge is -2.08. The number of halogens is 2. The summed E-state index contributed by atoms with van der Waals surface area (Å²) in [6, 6.07) is 5.42. The first-order chi connectivity index (χ1) is 7.76. The van der Waals surface area contributed by atoms with E-state index in [1.165, 1.54) is 0 Å². The molecule has 0 fully saturated rings. The molecule has 1 aromatic carbocycles. The number of nitrogens with zero attached hydrogens (tertiary/aromatic N) is 3. The highest BCUT2D eigenvalue weighted by atomic mass is 35.5. The van der Waals surface area contributed by atoms with Crippen LogP contribution < -0.4 is 4.74 Å². The largest absolute Gasteiger partial charge is 0.495 e. The molecule has 2 rings (SSSR count). The Hall–Kier alpha value is -1.26. The molecule has 0 unspecified atom stereocenters. The molecule has 0 aliphatic heterocycles. The van der Waals surface area contributed by atoms with Gasteiger partial charge in [0.1, 0.15) is 12.1 Å². The molecule has 2 aromatic rings. The van der Waals surface area contributed by atoms with Crippen LogP contribution in [0.15, 0.2) is 24.5 Å². The zero-order chi connectivity index (χ0) is 11.5. The van der Waals surface area contributed by atoms with Crippen molar-refractivity contribution >= 4 is 23.2 Å². The molecule has 4 nitrogen and oxygen atoms in total. The second kappa shape index (κ2) is 4.72. The van der Waals surface area contributed by atoms with Gasteiger partial charge in [0.05, 0.1) is 23.7 Å². The lowest BCUT2D eigenvalue weighted by molar-refractivity contribution is 0.415. The third-order valence-electron chi connectivity index (χ3n) is 2.15. The smallest absolute Gasteiger partial charge is 0.152 e. The molecule has 0 saturated heterocycles. The summed E-state index contributed by atoms with van der Waals surface area (Å²) in [5.41, 5.74) is 0.863. The van der Waals surface area contributed by atoms with Crippen molar-refractivity contribution in [1.29, 1.82) is 0 Å². The van der Waals surface area contributed by atoms with Crippen LogP contribution in [-0.4, -0.2) is 21.9 Å². The van der Waals surface area contributed by atoms with Gasteiger partial charge in [-0.25, -0.2) is 0 Å². The summed E-state index contributed by atoms with van der Waals surface area (Å²) in [5.74, 6) is 1.57. The summed E-state index contributed by atoms with van der Waals surface area (Å²) in [6.45, 7) is 0. The number of rotatable bonds is 3. The lowest BCUT2D eigenvalue weighted by atomic mass is 10.3. The Morgan fingerprint density at radius 1 is 1.44 bits per heavy atom. The normalized spacial score (nSPS) is 10.4. The molecule has 0 aliphatic rings. The number of aromatic nitrogens is 3. The van der Waals surface area contributed by atoms with Gasteiger partial charge < -0.3 is 4.74 Å². The highest BCUT2D eigenvalue weighted by Gasteiger charge is 2.07. The van der Waals surface area contributed by atoms with Gasteiger partial charge in [-0.3, -0.25) is 4.57 Å². The van der Waals surface area contributed by atoms with Crippen molar-refractivity contribution < 1.29 is 4.74 Å². The van der Waals surface area contributed by atoms with Gasteiger partial charge in [0.25, 0.3) is 0 Å². The summed E-state index contributed by atoms with van der Waals surface area (Å²) in [7, 11) is 1.57. The summed E-state index contributed by atoms with van der Waals surface area (Å²) in [5, 5.41) is 8.26. The van der Waals surface area contributed by atoms with Crippen LogP contribution in [0.3, 0.4) is 0 Å². The predicted molar refractivity (Wildman–Crippen MR) is 62.5 cm³/mol. The third-order valence-corrected chi connectivity index (χ3v) is 2.70. The number of methoxy groups -OCH3 is 1. The number of ether oxygens (including phenoxy) is 1. The summed E-state index contributed by atoms with van der Waals surface area (Å²) in [4.78, 5) is 0. The minimum absolute atomic E-state index is 0.297. The predicted octanol–water partition coefficient (Wildman–Crippen LogP) is 2.67. The Bertz CT molecular complexity index is 499. The Kier molecular flexibility index (Phi) is 3.31. The molecule has 0 N–H and O–H groups in total. The van der Waals surface area contributed by atoms with Crippen molar-refractivity contribution in [3.05, 3.63) is 35.4 Å². The van der Waals surface area contributed by atoms with Crippen LogP contribution in [0.1, 0.15) is 5.82 Å². The molecular formula is C10H9Cl2N3O. The lowest BCUT2D eigenvalue weighted by Crippen LogP contribution is -1.98. The van der Waals surface area contributed by atoms with Crippen LogP contribution in [0.4, 0.5) is 0 Å². The van der Waals surface area contributed by atoms with Gasteiger partial charge in [0.15, 0.2) is 5.82 Å². The Labute approximate surface area is 103 Å². The highest BCUT2D eigenvalue weighted by molar-refractivity contribution is 6.32. The first kappa shape index (κ1) is 11.2. The molecule has 0 aliphatic carbocycles. The van der Waals surface area contributed by atoms with E-state index in [2.05, 4.69) is 10.2 Å². The van der Waals surface area contributed by atoms with E-state index in [9.17, 15) is 0 Å². The Morgan fingerprint density at radius 3 is 2.94 bits per heavy atom. The Morgan fingerprint density at radius 2 is 2.25 bits per heavy atom. The van der Waals surface area contributed by atoms with Crippen LogP contribution >= 0.6 is 23.2 Å². The highest BCUT2D eigenvalue weighted by Crippen LogP contribution is 2.27. The van der Waals surface area contributed by atoms with Crippen molar-refractivity contribution in [3.63, 3.8) is 0 Å². The molecule has 0 saturated carbocycles. The summed E-state index contributed by atoms with van der Waals surface area (Å²) < 4.78 is 6.92. The topological polar surface area (TPSA) is 39.9 Å². The second-order valence-corrected chi connectivity index (χ2v) is 3.74. The minimum atomic E-state index is 0.297. The van der Waals surface area contributed by atoms with Crippen molar-refractivity contribution in [2.45, 2.75) is 5.88 Å². The maximum Gasteiger partial charge on any atom is 0.152 e. The fourth-order valence-corrected chi connectivity index (χ4v) is 1.74. The van der Waals surface area contributed by atoms with Crippen molar-refractivity contribution in [1.82, 2.24) is 14.8 Å². The number of alkyl halides is 1. The standard InChI is InChI=1S/C10H9Cl2N3O/c1-16-9-4-7(2-3-8(9)12)15-6-13-14-10(15)5-11/h2-4,6H,5H2,1H3. The van der Waals surface area contributed by atoms with Crippen molar-refractivity contribution in [3.8, 4) is 11.4 Å². The average molecular weight is 258 g/mol. The SMILES string of the molecule is COc1cc(-n2cnnc2CCl)ccc1Cl. The molecule has 0 amide bonds.